The van der Waals surface area contributed by atoms with Crippen LogP contribution in [0.15, 0.2) is 52.5 Å². The van der Waals surface area contributed by atoms with Crippen LogP contribution in [0.5, 0.6) is 0 Å². The highest BCUT2D eigenvalue weighted by Gasteiger charge is 2.14. The summed E-state index contributed by atoms with van der Waals surface area (Å²) in [6.45, 7) is 0. The molecule has 0 bridgehead atoms. The summed E-state index contributed by atoms with van der Waals surface area (Å²) in [5.41, 5.74) is 0. The van der Waals surface area contributed by atoms with Gasteiger partial charge in [0.15, 0.2) is 0 Å². The van der Waals surface area contributed by atoms with Crippen molar-refractivity contribution in [2.24, 2.45) is 0 Å². The lowest BCUT2D eigenvalue weighted by Crippen LogP contribution is -2.14. The predicted molar refractivity (Wildman–Crippen MR) is 71.1 cm³/mol. The van der Waals surface area contributed by atoms with Gasteiger partial charge >= 0.3 is 0 Å². The zero-order chi connectivity index (χ0) is 13.0. The van der Waals surface area contributed by atoms with Crippen LogP contribution < -0.4 is 4.72 Å². The van der Waals surface area contributed by atoms with Crippen molar-refractivity contribution in [2.75, 3.05) is 11.0 Å². The standard InChI is InChI=1S/C11H11N3O2S2/c1-17-9-3-5-10(6-4-9)18(15,16)14-11-12-7-2-8-13-11/h2-8H,1H3,(H,12,13,14). The first kappa shape index (κ1) is 12.8. The Kier molecular flexibility index (Phi) is 3.83. The molecular formula is C11H11N3O2S2. The topological polar surface area (TPSA) is 72.0 Å². The van der Waals surface area contributed by atoms with Gasteiger partial charge in [-0.3, -0.25) is 0 Å². The molecule has 0 unspecified atom stereocenters. The van der Waals surface area contributed by atoms with E-state index in [1.54, 1.807) is 42.1 Å². The van der Waals surface area contributed by atoms with E-state index in [9.17, 15) is 8.42 Å². The number of aromatic nitrogens is 2. The molecule has 0 atom stereocenters. The molecule has 0 aliphatic heterocycles. The summed E-state index contributed by atoms with van der Waals surface area (Å²) in [5.74, 6) is 0.0615. The van der Waals surface area contributed by atoms with Crippen molar-refractivity contribution in [3.05, 3.63) is 42.7 Å². The van der Waals surface area contributed by atoms with Gasteiger partial charge in [-0.15, -0.1) is 11.8 Å². The van der Waals surface area contributed by atoms with Gasteiger partial charge in [0.25, 0.3) is 10.0 Å². The molecule has 5 nitrogen and oxygen atoms in total. The van der Waals surface area contributed by atoms with Crippen LogP contribution in [0.25, 0.3) is 0 Å². The number of rotatable bonds is 4. The van der Waals surface area contributed by atoms with Gasteiger partial charge in [0, 0.05) is 17.3 Å². The maximum absolute atomic E-state index is 12.0. The lowest BCUT2D eigenvalue weighted by molar-refractivity contribution is 0.600. The Bertz CT molecular complexity index is 612. The summed E-state index contributed by atoms with van der Waals surface area (Å²) in [6, 6.07) is 8.23. The molecule has 0 saturated carbocycles. The first-order chi connectivity index (χ1) is 8.62. The molecule has 2 aromatic rings. The molecule has 18 heavy (non-hydrogen) atoms. The minimum absolute atomic E-state index is 0.0615. The van der Waals surface area contributed by atoms with E-state index in [1.165, 1.54) is 12.4 Å². The van der Waals surface area contributed by atoms with Crippen molar-refractivity contribution in [3.63, 3.8) is 0 Å². The lowest BCUT2D eigenvalue weighted by Gasteiger charge is -2.06. The van der Waals surface area contributed by atoms with Gasteiger partial charge in [0.2, 0.25) is 5.95 Å². The first-order valence-corrected chi connectivity index (χ1v) is 7.76. The monoisotopic (exact) mass is 281 g/mol. The maximum atomic E-state index is 12.0. The van der Waals surface area contributed by atoms with Crippen LogP contribution in [0.3, 0.4) is 0 Å². The minimum Gasteiger partial charge on any atom is -0.247 e. The highest BCUT2D eigenvalue weighted by Crippen LogP contribution is 2.18. The zero-order valence-corrected chi connectivity index (χ0v) is 11.2. The van der Waals surface area contributed by atoms with Crippen LogP contribution in [0.2, 0.25) is 0 Å². The summed E-state index contributed by atoms with van der Waals surface area (Å²) < 4.78 is 26.3. The Labute approximate surface area is 110 Å². The first-order valence-electron chi connectivity index (χ1n) is 5.06. The second-order valence-corrected chi connectivity index (χ2v) is 5.92. The van der Waals surface area contributed by atoms with Crippen LogP contribution in [0.4, 0.5) is 5.95 Å². The molecule has 0 fully saturated rings. The van der Waals surface area contributed by atoms with E-state index < -0.39 is 10.0 Å². The number of hydrogen-bond donors (Lipinski definition) is 1. The van der Waals surface area contributed by atoms with E-state index in [-0.39, 0.29) is 10.8 Å². The number of nitrogens with zero attached hydrogens (tertiary/aromatic N) is 2. The van der Waals surface area contributed by atoms with Crippen molar-refractivity contribution in [3.8, 4) is 0 Å². The fraction of sp³-hybridized carbons (Fsp3) is 0.0909. The van der Waals surface area contributed by atoms with Gasteiger partial charge in [-0.2, -0.15) is 0 Å². The molecule has 0 amide bonds. The van der Waals surface area contributed by atoms with Crippen LogP contribution in [-0.4, -0.2) is 24.6 Å². The average Bonchev–Trinajstić information content (AvgIpc) is 2.39. The molecule has 7 heteroatoms. The average molecular weight is 281 g/mol. The third kappa shape index (κ3) is 2.99. The van der Waals surface area contributed by atoms with Crippen molar-refractivity contribution < 1.29 is 8.42 Å². The lowest BCUT2D eigenvalue weighted by atomic mass is 10.4. The zero-order valence-electron chi connectivity index (χ0n) is 9.57. The Morgan fingerprint density at radius 1 is 1.11 bits per heavy atom. The Hall–Kier alpha value is -1.60. The highest BCUT2D eigenvalue weighted by atomic mass is 32.2. The molecule has 1 heterocycles. The van der Waals surface area contributed by atoms with E-state index in [4.69, 9.17) is 0 Å². The van der Waals surface area contributed by atoms with Gasteiger partial charge in [0.1, 0.15) is 0 Å². The molecular weight excluding hydrogens is 270 g/mol. The number of anilines is 1. The fourth-order valence-corrected chi connectivity index (χ4v) is 2.65. The SMILES string of the molecule is CSc1ccc(S(=O)(=O)Nc2ncccn2)cc1. The fourth-order valence-electron chi connectivity index (χ4n) is 1.29. The highest BCUT2D eigenvalue weighted by molar-refractivity contribution is 7.98. The number of hydrogen-bond acceptors (Lipinski definition) is 5. The summed E-state index contributed by atoms with van der Waals surface area (Å²) in [7, 11) is -3.62. The Balaban J connectivity index is 2.25. The van der Waals surface area contributed by atoms with Crippen LogP contribution in [0, 0.1) is 0 Å². The normalized spacial score (nSPS) is 11.2. The van der Waals surface area contributed by atoms with Crippen LogP contribution in [-0.2, 0) is 10.0 Å². The number of benzene rings is 1. The number of nitrogens with one attached hydrogen (secondary N) is 1. The minimum atomic E-state index is -3.62. The summed E-state index contributed by atoms with van der Waals surface area (Å²) in [6.07, 6.45) is 4.88. The molecule has 0 spiro atoms. The molecule has 0 radical (unpaired) electrons. The number of sulfonamides is 1. The molecule has 0 aliphatic rings. The quantitative estimate of drug-likeness (QED) is 0.868. The maximum Gasteiger partial charge on any atom is 0.264 e. The molecule has 94 valence electrons. The molecule has 0 saturated heterocycles. The third-order valence-electron chi connectivity index (χ3n) is 2.16. The molecule has 0 aliphatic carbocycles. The van der Waals surface area contributed by atoms with E-state index in [1.807, 2.05) is 6.26 Å². The Morgan fingerprint density at radius 2 is 1.72 bits per heavy atom. The molecule has 1 aromatic heterocycles. The van der Waals surface area contributed by atoms with Crippen molar-refractivity contribution >= 4 is 27.7 Å². The number of thioether (sulfide) groups is 1. The van der Waals surface area contributed by atoms with Crippen LogP contribution >= 0.6 is 11.8 Å². The van der Waals surface area contributed by atoms with E-state index >= 15 is 0 Å². The summed E-state index contributed by atoms with van der Waals surface area (Å²) >= 11 is 1.55. The molecule has 2 rings (SSSR count). The second kappa shape index (κ2) is 5.36. The van der Waals surface area contributed by atoms with Gasteiger partial charge in [0.05, 0.1) is 4.90 Å². The smallest absolute Gasteiger partial charge is 0.247 e. The predicted octanol–water partition coefficient (Wildman–Crippen LogP) is 2.00. The third-order valence-corrected chi connectivity index (χ3v) is 4.25. The van der Waals surface area contributed by atoms with Gasteiger partial charge in [-0.05, 0) is 36.6 Å². The van der Waals surface area contributed by atoms with Crippen molar-refractivity contribution in [1.29, 1.82) is 0 Å². The largest absolute Gasteiger partial charge is 0.264 e. The van der Waals surface area contributed by atoms with E-state index in [0.717, 1.165) is 4.90 Å². The van der Waals surface area contributed by atoms with Gasteiger partial charge < -0.3 is 0 Å². The van der Waals surface area contributed by atoms with E-state index in [2.05, 4.69) is 14.7 Å². The molecule has 1 aromatic carbocycles. The van der Waals surface area contributed by atoms with Crippen LogP contribution in [0.1, 0.15) is 0 Å². The van der Waals surface area contributed by atoms with Crippen molar-refractivity contribution in [2.45, 2.75) is 9.79 Å². The second-order valence-electron chi connectivity index (χ2n) is 3.35. The van der Waals surface area contributed by atoms with Gasteiger partial charge in [-0.1, -0.05) is 0 Å². The van der Waals surface area contributed by atoms with E-state index in [0.29, 0.717) is 0 Å². The summed E-state index contributed by atoms with van der Waals surface area (Å²) in [4.78, 5) is 8.83. The molecule has 1 N–H and O–H groups in total. The van der Waals surface area contributed by atoms with Crippen molar-refractivity contribution in [1.82, 2.24) is 9.97 Å². The van der Waals surface area contributed by atoms with Gasteiger partial charge in [-0.25, -0.2) is 23.1 Å². The Morgan fingerprint density at radius 3 is 2.28 bits per heavy atom. The summed E-state index contributed by atoms with van der Waals surface area (Å²) in [5, 5.41) is 0.